The molecule has 0 bridgehead atoms. The van der Waals surface area contributed by atoms with E-state index in [9.17, 15) is 4.79 Å². The molecular formula is C9H19NO3. The van der Waals surface area contributed by atoms with Crippen molar-refractivity contribution in [3.63, 3.8) is 0 Å². The van der Waals surface area contributed by atoms with Crippen LogP contribution in [0.2, 0.25) is 0 Å². The predicted molar refractivity (Wildman–Crippen MR) is 50.5 cm³/mol. The second-order valence-corrected chi connectivity index (χ2v) is 3.71. The van der Waals surface area contributed by atoms with Crippen LogP contribution in [0.5, 0.6) is 0 Å². The van der Waals surface area contributed by atoms with Gasteiger partial charge in [0, 0.05) is 13.2 Å². The summed E-state index contributed by atoms with van der Waals surface area (Å²) in [5.74, 6) is 0. The highest BCUT2D eigenvalue weighted by molar-refractivity contribution is 5.67. The van der Waals surface area contributed by atoms with Crippen molar-refractivity contribution in [2.75, 3.05) is 19.8 Å². The maximum Gasteiger partial charge on any atom is 0.407 e. The number of hydrogen-bond acceptors (Lipinski definition) is 3. The number of alkyl carbamates (subject to hydrolysis) is 1. The number of amides is 1. The summed E-state index contributed by atoms with van der Waals surface area (Å²) in [6, 6.07) is 0. The van der Waals surface area contributed by atoms with Gasteiger partial charge in [0.15, 0.2) is 0 Å². The Labute approximate surface area is 79.3 Å². The molecule has 0 saturated carbocycles. The predicted octanol–water partition coefficient (Wildman–Crippen LogP) is 1.14. The Hall–Kier alpha value is -0.770. The van der Waals surface area contributed by atoms with E-state index in [1.165, 1.54) is 0 Å². The van der Waals surface area contributed by atoms with E-state index in [1.807, 2.05) is 13.8 Å². The van der Waals surface area contributed by atoms with Crippen molar-refractivity contribution in [1.29, 1.82) is 0 Å². The Balaban J connectivity index is 3.67. The van der Waals surface area contributed by atoms with Crippen molar-refractivity contribution in [2.45, 2.75) is 27.2 Å². The van der Waals surface area contributed by atoms with E-state index in [4.69, 9.17) is 9.84 Å². The van der Waals surface area contributed by atoms with Crippen molar-refractivity contribution in [1.82, 2.24) is 5.32 Å². The van der Waals surface area contributed by atoms with E-state index in [1.54, 1.807) is 6.92 Å². The lowest BCUT2D eigenvalue weighted by Crippen LogP contribution is -2.34. The molecule has 0 aromatic carbocycles. The maximum atomic E-state index is 10.9. The largest absolute Gasteiger partial charge is 0.450 e. The van der Waals surface area contributed by atoms with Crippen molar-refractivity contribution >= 4 is 6.09 Å². The maximum absolute atomic E-state index is 10.9. The van der Waals surface area contributed by atoms with Gasteiger partial charge >= 0.3 is 6.09 Å². The number of aliphatic hydroxyl groups is 1. The first-order valence-electron chi connectivity index (χ1n) is 4.53. The summed E-state index contributed by atoms with van der Waals surface area (Å²) in [6.45, 7) is 6.76. The van der Waals surface area contributed by atoms with Crippen molar-refractivity contribution in [3.05, 3.63) is 0 Å². The molecule has 0 aliphatic rings. The number of nitrogens with one attached hydrogen (secondary N) is 1. The van der Waals surface area contributed by atoms with Gasteiger partial charge in [-0.05, 0) is 18.8 Å². The van der Waals surface area contributed by atoms with Gasteiger partial charge in [-0.15, -0.1) is 0 Å². The third kappa shape index (κ3) is 6.40. The molecule has 0 spiro atoms. The number of carbonyl (C=O) groups is 1. The van der Waals surface area contributed by atoms with Gasteiger partial charge in [-0.3, -0.25) is 0 Å². The Morgan fingerprint density at radius 2 is 2.15 bits per heavy atom. The van der Waals surface area contributed by atoms with Crippen LogP contribution in [-0.4, -0.2) is 31.0 Å². The van der Waals surface area contributed by atoms with Crippen LogP contribution in [0.3, 0.4) is 0 Å². The third-order valence-corrected chi connectivity index (χ3v) is 1.78. The fraction of sp³-hybridized carbons (Fsp3) is 0.889. The van der Waals surface area contributed by atoms with Crippen LogP contribution in [0.1, 0.15) is 27.2 Å². The average Bonchev–Trinajstić information content (AvgIpc) is 2.02. The molecule has 0 aromatic heterocycles. The molecule has 0 rings (SSSR count). The summed E-state index contributed by atoms with van der Waals surface area (Å²) in [4.78, 5) is 10.9. The number of aliphatic hydroxyl groups excluding tert-OH is 1. The second kappa shape index (κ2) is 5.80. The molecule has 0 radical (unpaired) electrons. The minimum atomic E-state index is -0.395. The van der Waals surface area contributed by atoms with Crippen LogP contribution in [0.4, 0.5) is 4.79 Å². The van der Waals surface area contributed by atoms with Crippen LogP contribution in [0, 0.1) is 5.41 Å². The van der Waals surface area contributed by atoms with Crippen molar-refractivity contribution in [3.8, 4) is 0 Å². The van der Waals surface area contributed by atoms with E-state index in [0.717, 1.165) is 0 Å². The third-order valence-electron chi connectivity index (χ3n) is 1.78. The molecule has 0 fully saturated rings. The molecule has 0 saturated heterocycles. The fourth-order valence-corrected chi connectivity index (χ4v) is 0.885. The number of hydrogen-bond donors (Lipinski definition) is 2. The van der Waals surface area contributed by atoms with Gasteiger partial charge in [0.05, 0.1) is 6.61 Å². The van der Waals surface area contributed by atoms with Gasteiger partial charge in [-0.2, -0.15) is 0 Å². The Bertz CT molecular complexity index is 157. The van der Waals surface area contributed by atoms with Gasteiger partial charge in [0.25, 0.3) is 0 Å². The molecule has 78 valence electrons. The molecule has 13 heavy (non-hydrogen) atoms. The topological polar surface area (TPSA) is 58.6 Å². The Morgan fingerprint density at radius 3 is 2.62 bits per heavy atom. The lowest BCUT2D eigenvalue weighted by Gasteiger charge is -2.23. The highest BCUT2D eigenvalue weighted by atomic mass is 16.5. The summed E-state index contributed by atoms with van der Waals surface area (Å²) in [6.07, 6.45) is 0.271. The number of rotatable bonds is 5. The molecule has 0 unspecified atom stereocenters. The van der Waals surface area contributed by atoms with Gasteiger partial charge in [0.1, 0.15) is 0 Å². The lowest BCUT2D eigenvalue weighted by molar-refractivity contribution is 0.142. The SMILES string of the molecule is CCOC(=O)NCC(C)(C)CCO. The summed E-state index contributed by atoms with van der Waals surface area (Å²) < 4.78 is 4.70. The quantitative estimate of drug-likeness (QED) is 0.682. The van der Waals surface area contributed by atoms with Crippen molar-refractivity contribution < 1.29 is 14.6 Å². The van der Waals surface area contributed by atoms with Crippen LogP contribution in [0.25, 0.3) is 0 Å². The van der Waals surface area contributed by atoms with Crippen molar-refractivity contribution in [2.24, 2.45) is 5.41 Å². The minimum Gasteiger partial charge on any atom is -0.450 e. The highest BCUT2D eigenvalue weighted by Gasteiger charge is 2.18. The first kappa shape index (κ1) is 12.2. The summed E-state index contributed by atoms with van der Waals surface area (Å²) in [5.41, 5.74) is -0.0818. The molecule has 1 amide bonds. The number of ether oxygens (including phenoxy) is 1. The van der Waals surface area contributed by atoms with E-state index in [2.05, 4.69) is 5.32 Å². The summed E-state index contributed by atoms with van der Waals surface area (Å²) in [7, 11) is 0. The van der Waals surface area contributed by atoms with Crippen LogP contribution >= 0.6 is 0 Å². The van der Waals surface area contributed by atoms with E-state index in [0.29, 0.717) is 19.6 Å². The van der Waals surface area contributed by atoms with E-state index in [-0.39, 0.29) is 12.0 Å². The molecular weight excluding hydrogens is 170 g/mol. The Morgan fingerprint density at radius 1 is 1.54 bits per heavy atom. The monoisotopic (exact) mass is 189 g/mol. The van der Waals surface area contributed by atoms with Crippen LogP contribution < -0.4 is 5.32 Å². The number of carbonyl (C=O) groups excluding carboxylic acids is 1. The molecule has 0 heterocycles. The standard InChI is InChI=1S/C9H19NO3/c1-4-13-8(12)10-7-9(2,3)5-6-11/h11H,4-7H2,1-3H3,(H,10,12). The minimum absolute atomic E-state index is 0.0818. The van der Waals surface area contributed by atoms with Crippen LogP contribution in [0.15, 0.2) is 0 Å². The van der Waals surface area contributed by atoms with Gasteiger partial charge in [-0.1, -0.05) is 13.8 Å². The lowest BCUT2D eigenvalue weighted by atomic mass is 9.90. The zero-order valence-electron chi connectivity index (χ0n) is 8.59. The summed E-state index contributed by atoms with van der Waals surface area (Å²) >= 11 is 0. The zero-order valence-corrected chi connectivity index (χ0v) is 8.59. The first-order valence-corrected chi connectivity index (χ1v) is 4.53. The zero-order chi connectivity index (χ0) is 10.3. The highest BCUT2D eigenvalue weighted by Crippen LogP contribution is 2.17. The fourth-order valence-electron chi connectivity index (χ4n) is 0.885. The molecule has 4 heteroatoms. The first-order chi connectivity index (χ1) is 6.02. The second-order valence-electron chi connectivity index (χ2n) is 3.71. The Kier molecular flexibility index (Phi) is 5.46. The van der Waals surface area contributed by atoms with E-state index < -0.39 is 6.09 Å². The smallest absolute Gasteiger partial charge is 0.407 e. The summed E-state index contributed by atoms with van der Waals surface area (Å²) in [5, 5.41) is 11.4. The van der Waals surface area contributed by atoms with Crippen LogP contribution in [-0.2, 0) is 4.74 Å². The van der Waals surface area contributed by atoms with Gasteiger partial charge < -0.3 is 15.2 Å². The van der Waals surface area contributed by atoms with Gasteiger partial charge in [-0.25, -0.2) is 4.79 Å². The molecule has 2 N–H and O–H groups in total. The van der Waals surface area contributed by atoms with Gasteiger partial charge in [0.2, 0.25) is 0 Å². The van der Waals surface area contributed by atoms with E-state index >= 15 is 0 Å². The molecule has 0 atom stereocenters. The molecule has 0 aliphatic carbocycles. The molecule has 4 nitrogen and oxygen atoms in total. The molecule has 0 aliphatic heterocycles. The normalized spacial score (nSPS) is 11.1. The average molecular weight is 189 g/mol. The molecule has 0 aromatic rings.